The number of nitrogens with one attached hydrogen (secondary N) is 3. The van der Waals surface area contributed by atoms with Crippen LogP contribution in [0.5, 0.6) is 0 Å². The average molecular weight is 476 g/mol. The van der Waals surface area contributed by atoms with E-state index < -0.39 is 10.0 Å². The maximum absolute atomic E-state index is 10.9. The van der Waals surface area contributed by atoms with Crippen LogP contribution in [-0.4, -0.2) is 47.3 Å². The second-order valence-corrected chi connectivity index (χ2v) is 7.75. The zero-order valence-corrected chi connectivity index (χ0v) is 18.7. The van der Waals surface area contributed by atoms with Gasteiger partial charge in [0.05, 0.1) is 6.26 Å². The Morgan fingerprint density at radius 1 is 0.833 bits per heavy atom. The number of sulfonamides is 1. The zero-order chi connectivity index (χ0) is 17.4. The monoisotopic (exact) mass is 476 g/mol. The minimum Gasteiger partial charge on any atom is -0.356 e. The van der Waals surface area contributed by atoms with Gasteiger partial charge in [0.1, 0.15) is 0 Å². The van der Waals surface area contributed by atoms with E-state index in [1.54, 1.807) is 7.05 Å². The predicted octanol–water partition coefficient (Wildman–Crippen LogP) is 2.85. The molecular weight excluding hydrogens is 439 g/mol. The highest BCUT2D eigenvalue weighted by molar-refractivity contribution is 14.0. The smallest absolute Gasteiger partial charge is 0.208 e. The van der Waals surface area contributed by atoms with E-state index in [1.165, 1.54) is 51.2 Å². The van der Waals surface area contributed by atoms with E-state index in [0.717, 1.165) is 25.3 Å². The van der Waals surface area contributed by atoms with Crippen molar-refractivity contribution in [3.8, 4) is 0 Å². The molecule has 0 aliphatic heterocycles. The summed E-state index contributed by atoms with van der Waals surface area (Å²) in [5, 5.41) is 6.47. The normalized spacial score (nSPS) is 11.9. The molecule has 0 saturated carbocycles. The molecule has 0 spiro atoms. The number of halogens is 1. The molecule has 0 aromatic carbocycles. The molecule has 0 aliphatic rings. The summed E-state index contributed by atoms with van der Waals surface area (Å²) in [5.74, 6) is 0.785. The van der Waals surface area contributed by atoms with Crippen molar-refractivity contribution in [1.29, 1.82) is 0 Å². The first-order chi connectivity index (χ1) is 11.0. The molecule has 0 unspecified atom stereocenters. The van der Waals surface area contributed by atoms with Gasteiger partial charge in [-0.2, -0.15) is 0 Å². The van der Waals surface area contributed by atoms with Crippen molar-refractivity contribution in [1.82, 2.24) is 15.4 Å². The molecule has 0 fully saturated rings. The highest BCUT2D eigenvalue weighted by Crippen LogP contribution is 2.07. The number of unbranched alkanes of at least 4 members (excludes halogenated alkanes) is 7. The number of aliphatic imine (C=N–C) groups is 1. The SMILES string of the molecule is CCCCCCCCCCNC(=NC)NCCCNS(C)(=O)=O.I. The summed E-state index contributed by atoms with van der Waals surface area (Å²) in [6.45, 7) is 4.31. The van der Waals surface area contributed by atoms with Crippen LogP contribution in [0.3, 0.4) is 0 Å². The Kier molecular flexibility index (Phi) is 19.3. The van der Waals surface area contributed by atoms with Crippen molar-refractivity contribution in [2.24, 2.45) is 4.99 Å². The van der Waals surface area contributed by atoms with Gasteiger partial charge in [0.2, 0.25) is 10.0 Å². The van der Waals surface area contributed by atoms with Gasteiger partial charge in [-0.15, -0.1) is 24.0 Å². The lowest BCUT2D eigenvalue weighted by Gasteiger charge is -2.11. The summed E-state index contributed by atoms with van der Waals surface area (Å²) in [6.07, 6.45) is 12.4. The largest absolute Gasteiger partial charge is 0.356 e. The first kappa shape index (κ1) is 26.1. The highest BCUT2D eigenvalue weighted by atomic mass is 127. The molecular formula is C16H37IN4O2S. The molecule has 0 atom stereocenters. The molecule has 0 aromatic rings. The Hall–Kier alpha value is -0.0900. The molecule has 0 radical (unpaired) electrons. The third kappa shape index (κ3) is 20.0. The molecule has 0 amide bonds. The van der Waals surface area contributed by atoms with Gasteiger partial charge in [-0.3, -0.25) is 4.99 Å². The molecule has 6 nitrogen and oxygen atoms in total. The summed E-state index contributed by atoms with van der Waals surface area (Å²) in [4.78, 5) is 4.16. The van der Waals surface area contributed by atoms with Crippen LogP contribution in [0.25, 0.3) is 0 Å². The Bertz CT molecular complexity index is 403. The first-order valence-corrected chi connectivity index (χ1v) is 10.8. The fourth-order valence-corrected chi connectivity index (χ4v) is 2.75. The van der Waals surface area contributed by atoms with Crippen molar-refractivity contribution >= 4 is 40.0 Å². The van der Waals surface area contributed by atoms with Crippen LogP contribution in [0, 0.1) is 0 Å². The Morgan fingerprint density at radius 3 is 1.83 bits per heavy atom. The second kappa shape index (κ2) is 17.7. The van der Waals surface area contributed by atoms with Crippen molar-refractivity contribution < 1.29 is 8.42 Å². The van der Waals surface area contributed by atoms with E-state index >= 15 is 0 Å². The lowest BCUT2D eigenvalue weighted by Crippen LogP contribution is -2.39. The van der Waals surface area contributed by atoms with Crippen LogP contribution in [0.4, 0.5) is 0 Å². The van der Waals surface area contributed by atoms with E-state index in [-0.39, 0.29) is 24.0 Å². The molecule has 0 aromatic heterocycles. The predicted molar refractivity (Wildman–Crippen MR) is 115 cm³/mol. The van der Waals surface area contributed by atoms with Gasteiger partial charge in [-0.1, -0.05) is 51.9 Å². The third-order valence-electron chi connectivity index (χ3n) is 3.56. The lowest BCUT2D eigenvalue weighted by atomic mass is 10.1. The molecule has 0 saturated heterocycles. The number of nitrogens with zero attached hydrogens (tertiary/aromatic N) is 1. The molecule has 146 valence electrons. The van der Waals surface area contributed by atoms with Crippen molar-refractivity contribution in [2.45, 2.75) is 64.7 Å². The van der Waals surface area contributed by atoms with E-state index in [4.69, 9.17) is 0 Å². The van der Waals surface area contributed by atoms with Gasteiger partial charge < -0.3 is 10.6 Å². The molecule has 0 bridgehead atoms. The molecule has 3 N–H and O–H groups in total. The maximum atomic E-state index is 10.9. The summed E-state index contributed by atoms with van der Waals surface area (Å²) in [5.41, 5.74) is 0. The third-order valence-corrected chi connectivity index (χ3v) is 4.29. The Labute approximate surface area is 166 Å². The summed E-state index contributed by atoms with van der Waals surface area (Å²) in [6, 6.07) is 0. The van der Waals surface area contributed by atoms with Crippen LogP contribution < -0.4 is 15.4 Å². The van der Waals surface area contributed by atoms with Crippen molar-refractivity contribution in [2.75, 3.05) is 32.9 Å². The Morgan fingerprint density at radius 2 is 1.33 bits per heavy atom. The van der Waals surface area contributed by atoms with Gasteiger partial charge >= 0.3 is 0 Å². The van der Waals surface area contributed by atoms with Crippen LogP contribution in [-0.2, 0) is 10.0 Å². The highest BCUT2D eigenvalue weighted by Gasteiger charge is 2.00. The molecule has 24 heavy (non-hydrogen) atoms. The van der Waals surface area contributed by atoms with Crippen LogP contribution >= 0.6 is 24.0 Å². The zero-order valence-electron chi connectivity index (χ0n) is 15.6. The van der Waals surface area contributed by atoms with Gasteiger partial charge in [0, 0.05) is 26.7 Å². The van der Waals surface area contributed by atoms with Gasteiger partial charge in [-0.05, 0) is 12.8 Å². The van der Waals surface area contributed by atoms with Gasteiger partial charge in [0.25, 0.3) is 0 Å². The van der Waals surface area contributed by atoms with Gasteiger partial charge in [0.15, 0.2) is 5.96 Å². The van der Waals surface area contributed by atoms with Crippen molar-refractivity contribution in [3.63, 3.8) is 0 Å². The number of guanidine groups is 1. The quantitative estimate of drug-likeness (QED) is 0.156. The molecule has 0 heterocycles. The number of hydrogen-bond acceptors (Lipinski definition) is 3. The van der Waals surface area contributed by atoms with Crippen LogP contribution in [0.15, 0.2) is 4.99 Å². The Balaban J connectivity index is 0. The van der Waals surface area contributed by atoms with Gasteiger partial charge in [-0.25, -0.2) is 13.1 Å². The minimum absolute atomic E-state index is 0. The number of hydrogen-bond donors (Lipinski definition) is 3. The van der Waals surface area contributed by atoms with Crippen molar-refractivity contribution in [3.05, 3.63) is 0 Å². The number of rotatable bonds is 14. The molecule has 0 aliphatic carbocycles. The maximum Gasteiger partial charge on any atom is 0.208 e. The average Bonchev–Trinajstić information content (AvgIpc) is 2.49. The second-order valence-electron chi connectivity index (χ2n) is 5.92. The molecule has 0 rings (SSSR count). The summed E-state index contributed by atoms with van der Waals surface area (Å²) in [7, 11) is -1.34. The van der Waals surface area contributed by atoms with E-state index in [1.807, 2.05) is 0 Å². The molecule has 8 heteroatoms. The van der Waals surface area contributed by atoms with Crippen LogP contribution in [0.1, 0.15) is 64.7 Å². The summed E-state index contributed by atoms with van der Waals surface area (Å²) < 4.78 is 24.3. The fraction of sp³-hybridized carbons (Fsp3) is 0.938. The van der Waals surface area contributed by atoms with Crippen LogP contribution in [0.2, 0.25) is 0 Å². The minimum atomic E-state index is -3.08. The summed E-state index contributed by atoms with van der Waals surface area (Å²) >= 11 is 0. The van der Waals surface area contributed by atoms with E-state index in [9.17, 15) is 8.42 Å². The first-order valence-electron chi connectivity index (χ1n) is 8.88. The van der Waals surface area contributed by atoms with E-state index in [0.29, 0.717) is 13.1 Å². The topological polar surface area (TPSA) is 82.6 Å². The van der Waals surface area contributed by atoms with E-state index in [2.05, 4.69) is 27.3 Å². The standard InChI is InChI=1S/C16H36N4O2S.HI/c1-4-5-6-7-8-9-10-11-13-18-16(17-2)19-14-12-15-20-23(3,21)22;/h20H,4-15H2,1-3H3,(H2,17,18,19);1H. The lowest BCUT2D eigenvalue weighted by molar-refractivity contribution is 0.571. The fourth-order valence-electron chi connectivity index (χ4n) is 2.24.